The Morgan fingerprint density at radius 3 is 0.404 bits per heavy atom. The van der Waals surface area contributed by atoms with Gasteiger partial charge in [0.2, 0.25) is 29.5 Å². The quantitative estimate of drug-likeness (QED) is 0.125. The maximum absolute atomic E-state index is 11.8. The molecular weight excluding hydrogens is 748 g/mol. The molecule has 0 aromatic heterocycles. The van der Waals surface area contributed by atoms with Gasteiger partial charge in [0.1, 0.15) is 12.2 Å². The minimum atomic E-state index is -3.06. The Labute approximate surface area is 319 Å². The van der Waals surface area contributed by atoms with Crippen molar-refractivity contribution < 1.29 is 58.3 Å². The number of hydrogen-bond donors (Lipinski definition) is 8. The van der Waals surface area contributed by atoms with Gasteiger partial charge in [-0.2, -0.15) is 0 Å². The molecule has 52 heavy (non-hydrogen) atoms. The molecule has 0 radical (unpaired) electrons. The van der Waals surface area contributed by atoms with Gasteiger partial charge < -0.3 is 40.0 Å². The van der Waals surface area contributed by atoms with Crippen molar-refractivity contribution in [2.24, 2.45) is 0 Å². The fraction of sp³-hybridized carbons (Fsp3) is 1.00. The first-order valence-electron chi connectivity index (χ1n) is 17.6. The molecule has 2 atom stereocenters. The summed E-state index contributed by atoms with van der Waals surface area (Å²) in [5.41, 5.74) is 0. The zero-order valence-corrected chi connectivity index (χ0v) is 41.1. The van der Waals surface area contributed by atoms with Crippen LogP contribution in [0.2, 0.25) is 0 Å². The van der Waals surface area contributed by atoms with E-state index >= 15 is 0 Å². The maximum atomic E-state index is 11.8. The van der Waals surface area contributed by atoms with Crippen molar-refractivity contribution in [3.05, 3.63) is 0 Å². The van der Waals surface area contributed by atoms with E-state index in [2.05, 4.69) is 0 Å². The highest BCUT2D eigenvalue weighted by Gasteiger charge is 2.47. The van der Waals surface area contributed by atoms with E-state index in [0.717, 1.165) is 0 Å². The topological polar surface area (TPSA) is 230 Å². The van der Waals surface area contributed by atoms with Gasteiger partial charge in [-0.05, 0) is 0 Å². The van der Waals surface area contributed by atoms with Crippen LogP contribution >= 0.6 is 29.5 Å². The Kier molecular flexibility index (Phi) is 24.2. The molecule has 0 saturated heterocycles. The third-order valence-electron chi connectivity index (χ3n) is 8.09. The van der Waals surface area contributed by atoms with Crippen LogP contribution < -0.4 is 0 Å². The van der Waals surface area contributed by atoms with Crippen molar-refractivity contribution in [3.8, 4) is 0 Å². The smallest absolute Gasteiger partial charge is 0.210 e. The molecule has 16 heteroatoms. The third-order valence-corrected chi connectivity index (χ3v) is 22.6. The molecule has 0 aromatic carbocycles. The van der Waals surface area contributed by atoms with E-state index in [9.17, 15) is 37.8 Å². The van der Waals surface area contributed by atoms with E-state index in [0.29, 0.717) is 0 Å². The highest BCUT2D eigenvalue weighted by Crippen LogP contribution is 2.65. The molecule has 0 heterocycles. The van der Waals surface area contributed by atoms with Crippen LogP contribution in [-0.2, 0) is 18.3 Å². The normalized spacial score (nSPS) is 15.6. The van der Waals surface area contributed by atoms with E-state index in [1.807, 2.05) is 0 Å². The SMILES string of the molecule is CC(C)(C)P(=O)(O)C(C)(C)C.CC(C)(C)P(=O)(O)C(C)(C)C.CC(C)(C)P(=O)(O)C(C)(C)C.CC(C)(C)P(=O)(O)C(C)(C)C.OCC(O)C(O)CO. The fourth-order valence-corrected chi connectivity index (χ4v) is 12.3. The van der Waals surface area contributed by atoms with Crippen LogP contribution in [0.4, 0.5) is 0 Å². The van der Waals surface area contributed by atoms with Crippen molar-refractivity contribution in [3.63, 3.8) is 0 Å². The molecule has 0 aromatic rings. The molecule has 322 valence electrons. The van der Waals surface area contributed by atoms with E-state index in [1.165, 1.54) is 0 Å². The molecule has 8 N–H and O–H groups in total. The summed E-state index contributed by atoms with van der Waals surface area (Å²) in [5, 5.41) is 29.1. The molecule has 0 aliphatic heterocycles. The van der Waals surface area contributed by atoms with Crippen molar-refractivity contribution in [1.82, 2.24) is 0 Å². The summed E-state index contributed by atoms with van der Waals surface area (Å²) < 4.78 is 47.2. The van der Waals surface area contributed by atoms with Crippen LogP contribution in [0.3, 0.4) is 0 Å². The molecule has 0 spiro atoms. The van der Waals surface area contributed by atoms with E-state index < -0.39 is 96.1 Å². The Balaban J connectivity index is -0.000000178. The van der Waals surface area contributed by atoms with E-state index in [-0.39, 0.29) is 0 Å². The number of rotatable bonds is 3. The lowest BCUT2D eigenvalue weighted by Crippen LogP contribution is -2.31. The van der Waals surface area contributed by atoms with Crippen molar-refractivity contribution >= 4 is 29.5 Å². The molecule has 0 bridgehead atoms. The summed E-state index contributed by atoms with van der Waals surface area (Å²) in [4.78, 5) is 39.0. The number of hydrogen-bond acceptors (Lipinski definition) is 8. The summed E-state index contributed by atoms with van der Waals surface area (Å²) in [7, 11) is -12.2. The first-order chi connectivity index (χ1) is 21.7. The number of aliphatic hydroxyl groups is 4. The van der Waals surface area contributed by atoms with Crippen LogP contribution in [-0.4, -0.2) is 107 Å². The molecule has 0 amide bonds. The van der Waals surface area contributed by atoms with Gasteiger partial charge in [0.15, 0.2) is 0 Å². The van der Waals surface area contributed by atoms with E-state index in [1.54, 1.807) is 166 Å². The lowest BCUT2D eigenvalue weighted by atomic mass is 10.2. The van der Waals surface area contributed by atoms with Gasteiger partial charge in [-0.25, -0.2) is 0 Å². The van der Waals surface area contributed by atoms with Crippen LogP contribution in [0.15, 0.2) is 0 Å². The lowest BCUT2D eigenvalue weighted by molar-refractivity contribution is -0.0388. The number of aliphatic hydroxyl groups excluding tert-OH is 4. The molecule has 0 saturated carbocycles. The second-order valence-corrected chi connectivity index (χ2v) is 36.5. The molecule has 0 aliphatic carbocycles. The van der Waals surface area contributed by atoms with Gasteiger partial charge in [-0.15, -0.1) is 0 Å². The summed E-state index contributed by atoms with van der Waals surface area (Å²) in [6.07, 6.45) is -2.44. The van der Waals surface area contributed by atoms with Crippen LogP contribution in [0, 0.1) is 0 Å². The van der Waals surface area contributed by atoms with Gasteiger partial charge in [0.05, 0.1) is 13.2 Å². The Hall–Kier alpha value is 0.600. The average molecular weight is 835 g/mol. The predicted octanol–water partition coefficient (Wildman–Crippen LogP) is 9.11. The van der Waals surface area contributed by atoms with Crippen LogP contribution in [0.25, 0.3) is 0 Å². The summed E-state index contributed by atoms with van der Waals surface area (Å²) in [5.74, 6) is 0. The van der Waals surface area contributed by atoms with Gasteiger partial charge in [-0.1, -0.05) is 166 Å². The second-order valence-electron chi connectivity index (χ2n) is 21.2. The Bertz CT molecular complexity index is 968. The minimum Gasteiger partial charge on any atom is -0.394 e. The standard InChI is InChI=1S/4C8H19O2P.C4H10O4/c4*1-7(2,3)11(9,10)8(4,5)6;5-1-3(7)4(8)2-6/h4*1-6H3,(H,9,10);3-8H,1-2H2. The van der Waals surface area contributed by atoms with Crippen LogP contribution in [0.5, 0.6) is 0 Å². The average Bonchev–Trinajstić information content (AvgIpc) is 2.84. The maximum Gasteiger partial charge on any atom is 0.210 e. The molecule has 0 rings (SSSR count). The summed E-state index contributed by atoms with van der Waals surface area (Å²) in [6.45, 7) is 42.3. The van der Waals surface area contributed by atoms with E-state index in [4.69, 9.17) is 20.4 Å². The Morgan fingerprint density at radius 1 is 0.308 bits per heavy atom. The third kappa shape index (κ3) is 19.2. The van der Waals surface area contributed by atoms with Gasteiger partial charge in [0.25, 0.3) is 0 Å². The first-order valence-corrected chi connectivity index (χ1v) is 24.3. The monoisotopic (exact) mass is 835 g/mol. The lowest BCUT2D eigenvalue weighted by Gasteiger charge is -2.35. The Morgan fingerprint density at radius 2 is 0.385 bits per heavy atom. The molecular formula is C36H86O12P4. The zero-order valence-electron chi connectivity index (χ0n) is 37.6. The molecule has 2 unspecified atom stereocenters. The summed E-state index contributed by atoms with van der Waals surface area (Å²) in [6, 6.07) is 0. The fourth-order valence-electron chi connectivity index (χ4n) is 4.27. The highest BCUT2D eigenvalue weighted by molar-refractivity contribution is 7.62. The molecule has 12 nitrogen and oxygen atoms in total. The largest absolute Gasteiger partial charge is 0.394 e. The first kappa shape index (κ1) is 61.8. The predicted molar refractivity (Wildman–Crippen MR) is 224 cm³/mol. The molecule has 0 fully saturated rings. The highest BCUT2D eigenvalue weighted by atomic mass is 31.2. The van der Waals surface area contributed by atoms with Crippen LogP contribution in [0.1, 0.15) is 166 Å². The van der Waals surface area contributed by atoms with Crippen molar-refractivity contribution in [1.29, 1.82) is 0 Å². The molecule has 0 aliphatic rings. The zero-order chi connectivity index (χ0) is 44.6. The van der Waals surface area contributed by atoms with Crippen molar-refractivity contribution in [2.45, 2.75) is 220 Å². The summed E-state index contributed by atoms with van der Waals surface area (Å²) >= 11 is 0. The second kappa shape index (κ2) is 20.3. The van der Waals surface area contributed by atoms with Crippen molar-refractivity contribution in [2.75, 3.05) is 13.2 Å². The van der Waals surface area contributed by atoms with Gasteiger partial charge >= 0.3 is 0 Å². The minimum absolute atomic E-state index is 0.509. The van der Waals surface area contributed by atoms with Gasteiger partial charge in [-0.3, -0.25) is 18.3 Å². The van der Waals surface area contributed by atoms with Gasteiger partial charge in [0, 0.05) is 41.2 Å².